The third-order valence-electron chi connectivity index (χ3n) is 2.88. The van der Waals surface area contributed by atoms with Gasteiger partial charge in [0.1, 0.15) is 17.5 Å². The van der Waals surface area contributed by atoms with Crippen molar-refractivity contribution in [3.8, 4) is 5.88 Å². The van der Waals surface area contributed by atoms with Gasteiger partial charge < -0.3 is 4.74 Å². The Hall–Kier alpha value is -1.59. The second kappa shape index (κ2) is 5.42. The summed E-state index contributed by atoms with van der Waals surface area (Å²) < 4.78 is 8.23. The Morgan fingerprint density at radius 2 is 2.10 bits per heavy atom. The minimum absolute atomic E-state index is 0.332. The Labute approximate surface area is 129 Å². The molecule has 2 aromatic heterocycles. The van der Waals surface area contributed by atoms with E-state index in [2.05, 4.69) is 26.0 Å². The van der Waals surface area contributed by atoms with E-state index in [1.165, 1.54) is 0 Å². The highest BCUT2D eigenvalue weighted by Crippen LogP contribution is 2.26. The van der Waals surface area contributed by atoms with Gasteiger partial charge in [-0.3, -0.25) is 4.68 Å². The van der Waals surface area contributed by atoms with Crippen LogP contribution in [0.4, 0.5) is 0 Å². The van der Waals surface area contributed by atoms with Gasteiger partial charge in [-0.2, -0.15) is 5.10 Å². The Balaban J connectivity index is 1.84. The summed E-state index contributed by atoms with van der Waals surface area (Å²) in [6, 6.07) is 11.5. The number of aryl methyl sites for hydroxylation is 1. The van der Waals surface area contributed by atoms with Crippen molar-refractivity contribution in [1.82, 2.24) is 14.8 Å². The second-order valence-electron chi connectivity index (χ2n) is 4.33. The van der Waals surface area contributed by atoms with E-state index in [0.29, 0.717) is 17.6 Å². The number of aromatic nitrogens is 3. The summed E-state index contributed by atoms with van der Waals surface area (Å²) in [7, 11) is 1.79. The zero-order valence-corrected chi connectivity index (χ0v) is 13.0. The molecule has 1 aromatic carbocycles. The standard InChI is InChI=1S/C14H11BrClN3O/c1-19-13(16)6-9(18-19)8-20-14-7-11(15)10-4-2-3-5-12(10)17-14/h2-7H,8H2,1H3. The van der Waals surface area contributed by atoms with Crippen LogP contribution in [0.2, 0.25) is 5.15 Å². The zero-order chi connectivity index (χ0) is 14.1. The number of para-hydroxylation sites is 1. The van der Waals surface area contributed by atoms with Crippen molar-refractivity contribution in [3.05, 3.63) is 51.7 Å². The normalized spacial score (nSPS) is 10.9. The lowest BCUT2D eigenvalue weighted by Crippen LogP contribution is -1.99. The topological polar surface area (TPSA) is 39.9 Å². The van der Waals surface area contributed by atoms with Gasteiger partial charge in [0, 0.05) is 29.0 Å². The van der Waals surface area contributed by atoms with Crippen molar-refractivity contribution < 1.29 is 4.74 Å². The molecule has 20 heavy (non-hydrogen) atoms. The van der Waals surface area contributed by atoms with Crippen molar-refractivity contribution in [3.63, 3.8) is 0 Å². The van der Waals surface area contributed by atoms with E-state index in [1.54, 1.807) is 17.8 Å². The van der Waals surface area contributed by atoms with Gasteiger partial charge >= 0.3 is 0 Å². The maximum atomic E-state index is 5.94. The fraction of sp³-hybridized carbons (Fsp3) is 0.143. The molecule has 0 atom stereocenters. The van der Waals surface area contributed by atoms with E-state index in [-0.39, 0.29) is 0 Å². The van der Waals surface area contributed by atoms with Crippen LogP contribution in [0, 0.1) is 0 Å². The summed E-state index contributed by atoms with van der Waals surface area (Å²) in [5, 5.41) is 5.87. The Morgan fingerprint density at radius 1 is 1.30 bits per heavy atom. The number of hydrogen-bond donors (Lipinski definition) is 0. The van der Waals surface area contributed by atoms with Crippen molar-refractivity contribution in [2.24, 2.45) is 7.05 Å². The van der Waals surface area contributed by atoms with Crippen LogP contribution in [0.25, 0.3) is 10.9 Å². The first-order chi connectivity index (χ1) is 9.63. The van der Waals surface area contributed by atoms with E-state index in [1.807, 2.05) is 30.3 Å². The van der Waals surface area contributed by atoms with Crippen LogP contribution < -0.4 is 4.74 Å². The Kier molecular flexibility index (Phi) is 3.63. The lowest BCUT2D eigenvalue weighted by Gasteiger charge is -2.06. The third-order valence-corrected chi connectivity index (χ3v) is 3.89. The second-order valence-corrected chi connectivity index (χ2v) is 5.57. The molecule has 0 unspecified atom stereocenters. The molecule has 0 aliphatic carbocycles. The maximum Gasteiger partial charge on any atom is 0.215 e. The van der Waals surface area contributed by atoms with Gasteiger partial charge in [-0.25, -0.2) is 4.98 Å². The van der Waals surface area contributed by atoms with Crippen LogP contribution in [0.15, 0.2) is 40.9 Å². The summed E-state index contributed by atoms with van der Waals surface area (Å²) in [5.74, 6) is 0.553. The first-order valence-electron chi connectivity index (χ1n) is 6.00. The number of ether oxygens (including phenoxy) is 1. The lowest BCUT2D eigenvalue weighted by molar-refractivity contribution is 0.289. The quantitative estimate of drug-likeness (QED) is 0.716. The minimum Gasteiger partial charge on any atom is -0.471 e. The van der Waals surface area contributed by atoms with Crippen molar-refractivity contribution in [2.45, 2.75) is 6.61 Å². The fourth-order valence-corrected chi connectivity index (χ4v) is 2.60. The molecular weight excluding hydrogens is 342 g/mol. The first-order valence-corrected chi connectivity index (χ1v) is 7.17. The van der Waals surface area contributed by atoms with Gasteiger partial charge in [0.15, 0.2) is 0 Å². The van der Waals surface area contributed by atoms with Crippen LogP contribution in [-0.2, 0) is 13.7 Å². The largest absolute Gasteiger partial charge is 0.471 e. The molecule has 0 aliphatic heterocycles. The first kappa shape index (κ1) is 13.4. The molecule has 0 N–H and O–H groups in total. The third kappa shape index (κ3) is 2.64. The molecule has 0 saturated heterocycles. The highest BCUT2D eigenvalue weighted by Gasteiger charge is 2.07. The van der Waals surface area contributed by atoms with Crippen LogP contribution in [0.3, 0.4) is 0 Å². The zero-order valence-electron chi connectivity index (χ0n) is 10.7. The maximum absolute atomic E-state index is 5.94. The number of fused-ring (bicyclic) bond motifs is 1. The number of nitrogens with zero attached hydrogens (tertiary/aromatic N) is 3. The van der Waals surface area contributed by atoms with E-state index in [9.17, 15) is 0 Å². The monoisotopic (exact) mass is 351 g/mol. The number of pyridine rings is 1. The van der Waals surface area contributed by atoms with E-state index in [0.717, 1.165) is 21.1 Å². The lowest BCUT2D eigenvalue weighted by atomic mass is 10.2. The Bertz CT molecular complexity index is 753. The molecule has 3 aromatic rings. The molecule has 0 spiro atoms. The van der Waals surface area contributed by atoms with Crippen molar-refractivity contribution >= 4 is 38.4 Å². The summed E-state index contributed by atoms with van der Waals surface area (Å²) in [4.78, 5) is 4.46. The summed E-state index contributed by atoms with van der Waals surface area (Å²) in [6.07, 6.45) is 0. The molecule has 6 heteroatoms. The van der Waals surface area contributed by atoms with Crippen LogP contribution >= 0.6 is 27.5 Å². The minimum atomic E-state index is 0.332. The molecule has 2 heterocycles. The van der Waals surface area contributed by atoms with E-state index < -0.39 is 0 Å². The molecular formula is C14H11BrClN3O. The smallest absolute Gasteiger partial charge is 0.215 e. The van der Waals surface area contributed by atoms with Gasteiger partial charge in [-0.15, -0.1) is 0 Å². The van der Waals surface area contributed by atoms with Gasteiger partial charge in [-0.05, 0) is 22.0 Å². The van der Waals surface area contributed by atoms with Crippen LogP contribution in [0.5, 0.6) is 5.88 Å². The summed E-state index contributed by atoms with van der Waals surface area (Å²) >= 11 is 9.47. The molecule has 0 fully saturated rings. The summed E-state index contributed by atoms with van der Waals surface area (Å²) in [5.41, 5.74) is 1.65. The highest BCUT2D eigenvalue weighted by molar-refractivity contribution is 9.10. The fourth-order valence-electron chi connectivity index (χ4n) is 1.90. The molecule has 3 rings (SSSR count). The van der Waals surface area contributed by atoms with E-state index in [4.69, 9.17) is 16.3 Å². The molecule has 4 nitrogen and oxygen atoms in total. The molecule has 0 amide bonds. The predicted molar refractivity (Wildman–Crippen MR) is 82.0 cm³/mol. The number of rotatable bonds is 3. The molecule has 0 radical (unpaired) electrons. The number of benzene rings is 1. The number of halogens is 2. The molecule has 102 valence electrons. The average molecular weight is 353 g/mol. The SMILES string of the molecule is Cn1nc(COc2cc(Br)c3ccccc3n2)cc1Cl. The van der Waals surface area contributed by atoms with Crippen molar-refractivity contribution in [1.29, 1.82) is 0 Å². The van der Waals surface area contributed by atoms with Gasteiger partial charge in [0.25, 0.3) is 0 Å². The van der Waals surface area contributed by atoms with Gasteiger partial charge in [0.05, 0.1) is 5.52 Å². The van der Waals surface area contributed by atoms with Gasteiger partial charge in [-0.1, -0.05) is 29.8 Å². The molecule has 0 saturated carbocycles. The van der Waals surface area contributed by atoms with Crippen LogP contribution in [-0.4, -0.2) is 14.8 Å². The Morgan fingerprint density at radius 3 is 2.85 bits per heavy atom. The predicted octanol–water partition coefficient (Wildman–Crippen LogP) is 3.96. The average Bonchev–Trinajstić information content (AvgIpc) is 2.76. The summed E-state index contributed by atoms with van der Waals surface area (Å²) in [6.45, 7) is 0.332. The van der Waals surface area contributed by atoms with Crippen molar-refractivity contribution in [2.75, 3.05) is 0 Å². The molecule has 0 aliphatic rings. The molecule has 0 bridgehead atoms. The number of hydrogen-bond acceptors (Lipinski definition) is 3. The van der Waals surface area contributed by atoms with Gasteiger partial charge in [0.2, 0.25) is 5.88 Å². The highest BCUT2D eigenvalue weighted by atomic mass is 79.9. The van der Waals surface area contributed by atoms with Crippen LogP contribution in [0.1, 0.15) is 5.69 Å². The van der Waals surface area contributed by atoms with E-state index >= 15 is 0 Å².